The standard InChI is InChI=1S/C23H37N3O.ClH/c1-2-3-4-5-6-7-8-9-10-11-19-12-13-22-21(16-19)26-23(27-22)25-18-20-14-15-24-17-20;/h12-13,16,20,24H,2-11,14-15,17-18H2,1H3,(H,25,26);1H/t20-;/m0./s1. The van der Waals surface area contributed by atoms with Crippen LogP contribution in [0.2, 0.25) is 0 Å². The van der Waals surface area contributed by atoms with Gasteiger partial charge in [-0.1, -0.05) is 64.4 Å². The highest BCUT2D eigenvalue weighted by atomic mass is 35.5. The zero-order valence-electron chi connectivity index (χ0n) is 17.5. The zero-order valence-corrected chi connectivity index (χ0v) is 18.3. The Morgan fingerprint density at radius 3 is 2.54 bits per heavy atom. The maximum absolute atomic E-state index is 5.84. The molecule has 0 bridgehead atoms. The molecule has 2 heterocycles. The molecule has 2 aromatic rings. The number of oxazole rings is 1. The summed E-state index contributed by atoms with van der Waals surface area (Å²) in [5.41, 5.74) is 3.25. The van der Waals surface area contributed by atoms with Gasteiger partial charge in [0.15, 0.2) is 5.58 Å². The van der Waals surface area contributed by atoms with Crippen molar-refractivity contribution in [2.24, 2.45) is 5.92 Å². The van der Waals surface area contributed by atoms with E-state index in [1.807, 2.05) is 0 Å². The summed E-state index contributed by atoms with van der Waals surface area (Å²) in [5.74, 6) is 0.683. The topological polar surface area (TPSA) is 50.1 Å². The maximum atomic E-state index is 5.84. The second-order valence-corrected chi connectivity index (χ2v) is 8.14. The molecule has 1 aromatic heterocycles. The first-order valence-corrected chi connectivity index (χ1v) is 11.2. The third-order valence-corrected chi connectivity index (χ3v) is 5.73. The number of anilines is 1. The molecule has 28 heavy (non-hydrogen) atoms. The number of unbranched alkanes of at least 4 members (excludes halogenated alkanes) is 8. The summed E-state index contributed by atoms with van der Waals surface area (Å²) in [4.78, 5) is 4.63. The fourth-order valence-corrected chi connectivity index (χ4v) is 3.96. The predicted octanol–water partition coefficient (Wildman–Crippen LogP) is 6.34. The molecule has 1 aromatic carbocycles. The quantitative estimate of drug-likeness (QED) is 0.380. The number of nitrogens with zero attached hydrogens (tertiary/aromatic N) is 1. The van der Waals surface area contributed by atoms with Crippen molar-refractivity contribution in [3.63, 3.8) is 0 Å². The molecule has 5 heteroatoms. The molecule has 0 unspecified atom stereocenters. The highest BCUT2D eigenvalue weighted by molar-refractivity contribution is 5.85. The minimum atomic E-state index is 0. The van der Waals surface area contributed by atoms with Crippen LogP contribution in [0, 0.1) is 5.92 Å². The second kappa shape index (κ2) is 13.1. The molecular weight excluding hydrogens is 370 g/mol. The van der Waals surface area contributed by atoms with Gasteiger partial charge in [0.1, 0.15) is 5.52 Å². The zero-order chi connectivity index (χ0) is 18.7. The monoisotopic (exact) mass is 407 g/mol. The number of fused-ring (bicyclic) bond motifs is 1. The summed E-state index contributed by atoms with van der Waals surface area (Å²) < 4.78 is 5.84. The van der Waals surface area contributed by atoms with Gasteiger partial charge in [0.2, 0.25) is 0 Å². The van der Waals surface area contributed by atoms with Crippen LogP contribution in [0.15, 0.2) is 22.6 Å². The lowest BCUT2D eigenvalue weighted by Gasteiger charge is -2.07. The molecular formula is C23H38ClN3O. The summed E-state index contributed by atoms with van der Waals surface area (Å²) >= 11 is 0. The number of hydrogen-bond acceptors (Lipinski definition) is 4. The summed E-state index contributed by atoms with van der Waals surface area (Å²) in [5, 5.41) is 6.76. The van der Waals surface area contributed by atoms with E-state index in [2.05, 4.69) is 40.7 Å². The lowest BCUT2D eigenvalue weighted by Crippen LogP contribution is -2.17. The molecule has 1 saturated heterocycles. The van der Waals surface area contributed by atoms with Crippen molar-refractivity contribution < 1.29 is 4.42 Å². The third-order valence-electron chi connectivity index (χ3n) is 5.73. The van der Waals surface area contributed by atoms with E-state index in [9.17, 15) is 0 Å². The van der Waals surface area contributed by atoms with Gasteiger partial charge < -0.3 is 15.1 Å². The van der Waals surface area contributed by atoms with Crippen molar-refractivity contribution in [1.29, 1.82) is 0 Å². The van der Waals surface area contributed by atoms with E-state index < -0.39 is 0 Å². The van der Waals surface area contributed by atoms with Crippen LogP contribution in [0.1, 0.15) is 76.7 Å². The lowest BCUT2D eigenvalue weighted by molar-refractivity contribution is 0.565. The van der Waals surface area contributed by atoms with E-state index in [4.69, 9.17) is 4.42 Å². The van der Waals surface area contributed by atoms with E-state index in [0.29, 0.717) is 11.9 Å². The van der Waals surface area contributed by atoms with Crippen LogP contribution in [0.3, 0.4) is 0 Å². The molecule has 1 aliphatic rings. The van der Waals surface area contributed by atoms with E-state index in [-0.39, 0.29) is 12.4 Å². The van der Waals surface area contributed by atoms with Gasteiger partial charge in [-0.05, 0) is 56.0 Å². The van der Waals surface area contributed by atoms with Gasteiger partial charge in [-0.25, -0.2) is 0 Å². The third kappa shape index (κ3) is 7.63. The van der Waals surface area contributed by atoms with Crippen LogP contribution >= 0.6 is 12.4 Å². The van der Waals surface area contributed by atoms with Crippen LogP contribution in [-0.2, 0) is 6.42 Å². The molecule has 1 fully saturated rings. The number of hydrogen-bond donors (Lipinski definition) is 2. The number of nitrogens with one attached hydrogen (secondary N) is 2. The lowest BCUT2D eigenvalue weighted by atomic mass is 10.0. The Bertz CT molecular complexity index is 667. The van der Waals surface area contributed by atoms with E-state index >= 15 is 0 Å². The van der Waals surface area contributed by atoms with Gasteiger partial charge in [-0.3, -0.25) is 0 Å². The normalized spacial score (nSPS) is 16.4. The van der Waals surface area contributed by atoms with E-state index in [1.165, 1.54) is 69.8 Å². The SMILES string of the molecule is CCCCCCCCCCCc1ccc2oc(NC[C@H]3CCNC3)nc2c1.Cl. The average molecular weight is 408 g/mol. The highest BCUT2D eigenvalue weighted by Gasteiger charge is 2.15. The first kappa shape index (κ1) is 23.0. The predicted molar refractivity (Wildman–Crippen MR) is 122 cm³/mol. The molecule has 1 atom stereocenters. The van der Waals surface area contributed by atoms with Crippen molar-refractivity contribution in [3.05, 3.63) is 23.8 Å². The van der Waals surface area contributed by atoms with Crippen molar-refractivity contribution in [1.82, 2.24) is 10.3 Å². The van der Waals surface area contributed by atoms with Gasteiger partial charge >= 0.3 is 0 Å². The van der Waals surface area contributed by atoms with Crippen LogP contribution < -0.4 is 10.6 Å². The van der Waals surface area contributed by atoms with Crippen molar-refractivity contribution in [2.45, 2.75) is 77.6 Å². The van der Waals surface area contributed by atoms with Crippen LogP contribution in [0.5, 0.6) is 0 Å². The number of halogens is 1. The van der Waals surface area contributed by atoms with Crippen molar-refractivity contribution in [2.75, 3.05) is 25.0 Å². The molecule has 0 aliphatic carbocycles. The summed E-state index contributed by atoms with van der Waals surface area (Å²) in [7, 11) is 0. The maximum Gasteiger partial charge on any atom is 0.295 e. The highest BCUT2D eigenvalue weighted by Crippen LogP contribution is 2.22. The summed E-state index contributed by atoms with van der Waals surface area (Å²) in [6, 6.07) is 7.14. The smallest absolute Gasteiger partial charge is 0.295 e. The molecule has 0 radical (unpaired) electrons. The number of aromatic nitrogens is 1. The fourth-order valence-electron chi connectivity index (χ4n) is 3.96. The molecule has 0 saturated carbocycles. The fraction of sp³-hybridized carbons (Fsp3) is 0.696. The number of aryl methyl sites for hydroxylation is 1. The molecule has 158 valence electrons. The minimum Gasteiger partial charge on any atom is -0.424 e. The first-order chi connectivity index (χ1) is 13.3. The number of benzene rings is 1. The number of rotatable bonds is 13. The largest absolute Gasteiger partial charge is 0.424 e. The molecule has 0 spiro atoms. The Kier molecular flexibility index (Phi) is 10.7. The Morgan fingerprint density at radius 1 is 1.07 bits per heavy atom. The van der Waals surface area contributed by atoms with Crippen LogP contribution in [0.25, 0.3) is 11.1 Å². The van der Waals surface area contributed by atoms with Gasteiger partial charge in [0.05, 0.1) is 0 Å². The Balaban J connectivity index is 0.00000280. The van der Waals surface area contributed by atoms with Crippen LogP contribution in [0.4, 0.5) is 6.01 Å². The summed E-state index contributed by atoms with van der Waals surface area (Å²) in [6.45, 7) is 5.44. The van der Waals surface area contributed by atoms with Crippen molar-refractivity contribution in [3.8, 4) is 0 Å². The molecule has 2 N–H and O–H groups in total. The van der Waals surface area contributed by atoms with Crippen molar-refractivity contribution >= 4 is 29.5 Å². The summed E-state index contributed by atoms with van der Waals surface area (Å²) in [6.07, 6.45) is 14.8. The Labute approximate surface area is 176 Å². The van der Waals surface area contributed by atoms with E-state index in [1.54, 1.807) is 0 Å². The van der Waals surface area contributed by atoms with Gasteiger partial charge in [-0.15, -0.1) is 12.4 Å². The van der Waals surface area contributed by atoms with E-state index in [0.717, 1.165) is 37.2 Å². The van der Waals surface area contributed by atoms with Gasteiger partial charge in [0, 0.05) is 6.54 Å². The molecule has 4 nitrogen and oxygen atoms in total. The first-order valence-electron chi connectivity index (χ1n) is 11.2. The average Bonchev–Trinajstić information content (AvgIpc) is 3.34. The Hall–Kier alpha value is -1.26. The Morgan fingerprint density at radius 2 is 1.82 bits per heavy atom. The van der Waals surface area contributed by atoms with Crippen LogP contribution in [-0.4, -0.2) is 24.6 Å². The van der Waals surface area contributed by atoms with Gasteiger partial charge in [-0.2, -0.15) is 4.98 Å². The molecule has 3 rings (SSSR count). The minimum absolute atomic E-state index is 0. The van der Waals surface area contributed by atoms with Gasteiger partial charge in [0.25, 0.3) is 6.01 Å². The molecule has 0 amide bonds. The molecule has 1 aliphatic heterocycles. The second-order valence-electron chi connectivity index (χ2n) is 8.14.